The molecule has 0 amide bonds. The molecule has 13 heteroatoms. The number of hydrogen-bond acceptors (Lipinski definition) is 6. The molecule has 2 aromatic heterocycles. The quantitative estimate of drug-likeness (QED) is 0.170. The maximum absolute atomic E-state index is 14.5. The molecule has 1 saturated carbocycles. The highest BCUT2D eigenvalue weighted by Gasteiger charge is 2.35. The molecule has 0 bridgehead atoms. The Morgan fingerprint density at radius 1 is 1.27 bits per heavy atom. The summed E-state index contributed by atoms with van der Waals surface area (Å²) >= 11 is 4.53. The van der Waals surface area contributed by atoms with E-state index in [9.17, 15) is 31.6 Å². The molecule has 1 aliphatic carbocycles. The van der Waals surface area contributed by atoms with Gasteiger partial charge in [-0.15, -0.1) is 0 Å². The molecule has 3 aromatic rings. The Morgan fingerprint density at radius 2 is 1.97 bits per heavy atom. The van der Waals surface area contributed by atoms with E-state index in [1.165, 1.54) is 12.3 Å². The van der Waals surface area contributed by atoms with E-state index in [1.54, 1.807) is 18.4 Å². The van der Waals surface area contributed by atoms with Crippen LogP contribution >= 0.6 is 24.6 Å². The van der Waals surface area contributed by atoms with Crippen LogP contribution in [0.15, 0.2) is 35.4 Å². The van der Waals surface area contributed by atoms with Gasteiger partial charge in [-0.2, -0.15) is 39.8 Å². The monoisotopic (exact) mass is 562 g/mol. The third-order valence-corrected chi connectivity index (χ3v) is 6.73. The van der Waals surface area contributed by atoms with Gasteiger partial charge in [-0.3, -0.25) is 9.71 Å². The average Bonchev–Trinajstić information content (AvgIpc) is 3.11. The lowest BCUT2D eigenvalue weighted by molar-refractivity contribution is -0.167. The smallest absolute Gasteiger partial charge is 0.392 e. The van der Waals surface area contributed by atoms with Gasteiger partial charge < -0.3 is 9.30 Å². The normalized spacial score (nSPS) is 14.6. The highest BCUT2D eigenvalue weighted by molar-refractivity contribution is 7.97. The van der Waals surface area contributed by atoms with Crippen molar-refractivity contribution in [2.45, 2.75) is 49.9 Å². The van der Waals surface area contributed by atoms with Crippen LogP contribution in [0.25, 0.3) is 22.3 Å². The van der Waals surface area contributed by atoms with Gasteiger partial charge in [0.15, 0.2) is 11.6 Å². The summed E-state index contributed by atoms with van der Waals surface area (Å²) in [7, 11) is 0. The third kappa shape index (κ3) is 6.48. The fraction of sp³-hybridized carbons (Fsp3) is 0.417. The maximum Gasteiger partial charge on any atom is 0.392 e. The lowest BCUT2D eigenvalue weighted by Crippen LogP contribution is -2.28. The van der Waals surface area contributed by atoms with Crippen LogP contribution in [0.3, 0.4) is 0 Å². The number of ether oxygens (including phenoxy) is 1. The van der Waals surface area contributed by atoms with Crippen molar-refractivity contribution < 1.29 is 31.1 Å². The summed E-state index contributed by atoms with van der Waals surface area (Å²) in [4.78, 5) is 4.96. The van der Waals surface area contributed by atoms with Crippen LogP contribution < -0.4 is 9.46 Å². The van der Waals surface area contributed by atoms with E-state index in [1.807, 2.05) is 4.57 Å². The second kappa shape index (κ2) is 12.3. The first-order valence-electron chi connectivity index (χ1n) is 11.2. The predicted molar refractivity (Wildman–Crippen MR) is 133 cm³/mol. The van der Waals surface area contributed by atoms with Crippen LogP contribution in [0, 0.1) is 23.1 Å². The van der Waals surface area contributed by atoms with Crippen LogP contribution in [-0.2, 0) is 0 Å². The van der Waals surface area contributed by atoms with Gasteiger partial charge in [0, 0.05) is 35.1 Å². The van der Waals surface area contributed by atoms with Crippen molar-refractivity contribution in [1.29, 1.82) is 5.26 Å². The first kappa shape index (κ1) is 29.0. The van der Waals surface area contributed by atoms with Crippen molar-refractivity contribution in [2.24, 2.45) is 5.92 Å². The molecular weight excluding hydrogens is 538 g/mol. The summed E-state index contributed by atoms with van der Waals surface area (Å²) in [5, 5.41) is 10.1. The zero-order valence-electron chi connectivity index (χ0n) is 19.8. The lowest BCUT2D eigenvalue weighted by Gasteiger charge is -2.30. The number of pyridine rings is 1. The Kier molecular flexibility index (Phi) is 9.66. The molecule has 5 nitrogen and oxygen atoms in total. The van der Waals surface area contributed by atoms with Gasteiger partial charge in [0.2, 0.25) is 0 Å². The molecule has 1 N–H and O–H groups in total. The molecule has 37 heavy (non-hydrogen) atoms. The van der Waals surface area contributed by atoms with Crippen molar-refractivity contribution in [3.63, 3.8) is 0 Å². The van der Waals surface area contributed by atoms with Gasteiger partial charge in [0.1, 0.15) is 6.07 Å². The van der Waals surface area contributed by atoms with Gasteiger partial charge in [-0.05, 0) is 55.7 Å². The zero-order chi connectivity index (χ0) is 27.3. The Hall–Kier alpha value is -2.56. The minimum Gasteiger partial charge on any atom is -0.432 e. The number of hydrogen-bond donors (Lipinski definition) is 2. The van der Waals surface area contributed by atoms with Crippen molar-refractivity contribution in [2.75, 3.05) is 12.8 Å². The summed E-state index contributed by atoms with van der Waals surface area (Å²) in [6, 6.07) is 7.51. The number of aromatic nitrogens is 2. The van der Waals surface area contributed by atoms with E-state index in [-0.39, 0.29) is 23.5 Å². The molecule has 1 unspecified atom stereocenters. The Labute approximate surface area is 219 Å². The SMILES string of the molecule is CC(CNSc1ccc(-c2c(C#N)c3cc(F)c(OC(F)F)cc3n2C2CCC2)nc1)C(F)(F)F.CS. The number of benzene rings is 1. The summed E-state index contributed by atoms with van der Waals surface area (Å²) in [5.74, 6) is -3.14. The van der Waals surface area contributed by atoms with Gasteiger partial charge in [-0.1, -0.05) is 6.92 Å². The zero-order valence-corrected chi connectivity index (χ0v) is 21.5. The van der Waals surface area contributed by atoms with Crippen molar-refractivity contribution in [3.8, 4) is 23.2 Å². The largest absolute Gasteiger partial charge is 0.432 e. The lowest BCUT2D eigenvalue weighted by atomic mass is 9.92. The summed E-state index contributed by atoms with van der Waals surface area (Å²) in [6.45, 7) is -2.40. The molecule has 0 radical (unpaired) electrons. The maximum atomic E-state index is 14.5. The molecule has 1 fully saturated rings. The van der Waals surface area contributed by atoms with Crippen molar-refractivity contribution in [1.82, 2.24) is 14.3 Å². The van der Waals surface area contributed by atoms with Crippen LogP contribution in [-0.4, -0.2) is 35.1 Å². The molecule has 1 aromatic carbocycles. The van der Waals surface area contributed by atoms with E-state index in [4.69, 9.17) is 0 Å². The standard InChI is InChI=1S/C23H20F6N4OS.CH4S/c1-12(23(27,28)29)10-32-35-14-5-6-18(31-11-14)21-16(9-30)15-7-17(24)20(34-22(25)26)8-19(15)33(21)13-3-2-4-13;1-2/h5-8,11-13,22,32H,2-4,10H2,1H3;2H,1H3. The van der Waals surface area contributed by atoms with Crippen molar-refractivity contribution >= 4 is 35.5 Å². The Morgan fingerprint density at radius 3 is 2.49 bits per heavy atom. The number of rotatable bonds is 8. The molecule has 0 saturated heterocycles. The number of nitrogens with one attached hydrogen (secondary N) is 1. The van der Waals surface area contributed by atoms with Crippen LogP contribution in [0.4, 0.5) is 26.3 Å². The molecule has 1 atom stereocenters. The van der Waals surface area contributed by atoms with Crippen molar-refractivity contribution in [3.05, 3.63) is 41.8 Å². The second-order valence-electron chi connectivity index (χ2n) is 8.24. The average molecular weight is 563 g/mol. The first-order chi connectivity index (χ1) is 17.6. The van der Waals surface area contributed by atoms with Crippen LogP contribution in [0.1, 0.15) is 37.8 Å². The third-order valence-electron chi connectivity index (χ3n) is 5.94. The van der Waals surface area contributed by atoms with Gasteiger partial charge >= 0.3 is 12.8 Å². The number of halogens is 6. The van der Waals surface area contributed by atoms with Gasteiger partial charge in [0.25, 0.3) is 0 Å². The predicted octanol–water partition coefficient (Wildman–Crippen LogP) is 7.38. The molecule has 0 spiro atoms. The number of nitrogens with zero attached hydrogens (tertiary/aromatic N) is 3. The number of nitriles is 1. The molecule has 0 aliphatic heterocycles. The van der Waals surface area contributed by atoms with E-state index >= 15 is 0 Å². The topological polar surface area (TPSA) is 62.9 Å². The van der Waals surface area contributed by atoms with Crippen LogP contribution in [0.5, 0.6) is 5.75 Å². The van der Waals surface area contributed by atoms with E-state index in [2.05, 4.69) is 33.1 Å². The summed E-state index contributed by atoms with van der Waals surface area (Å²) < 4.78 is 86.8. The molecule has 4 rings (SSSR count). The summed E-state index contributed by atoms with van der Waals surface area (Å²) in [6.07, 6.45) is 1.38. The second-order valence-corrected chi connectivity index (χ2v) is 9.20. The molecule has 200 valence electrons. The van der Waals surface area contributed by atoms with Gasteiger partial charge in [0.05, 0.1) is 28.4 Å². The molecule has 2 heterocycles. The highest BCUT2D eigenvalue weighted by Crippen LogP contribution is 2.43. The Balaban J connectivity index is 0.00000186. The van der Waals surface area contributed by atoms with Gasteiger partial charge in [-0.25, -0.2) is 4.39 Å². The number of fused-ring (bicyclic) bond motifs is 1. The highest BCUT2D eigenvalue weighted by atomic mass is 32.2. The fourth-order valence-corrected chi connectivity index (χ4v) is 4.57. The first-order valence-corrected chi connectivity index (χ1v) is 12.9. The Bertz CT molecular complexity index is 1250. The number of thiol groups is 1. The number of alkyl halides is 5. The van der Waals surface area contributed by atoms with E-state index in [0.717, 1.165) is 44.2 Å². The van der Waals surface area contributed by atoms with E-state index < -0.39 is 30.3 Å². The van der Waals surface area contributed by atoms with E-state index in [0.29, 0.717) is 21.8 Å². The fourth-order valence-electron chi connectivity index (χ4n) is 3.83. The molecule has 1 aliphatic rings. The van der Waals surface area contributed by atoms with Crippen LogP contribution in [0.2, 0.25) is 0 Å². The molecular formula is C24H24F6N4OS2. The summed E-state index contributed by atoms with van der Waals surface area (Å²) in [5.41, 5.74) is 1.37. The minimum absolute atomic E-state index is 0.0270. The minimum atomic E-state index is -4.29.